The molecule has 0 aromatic rings. The highest BCUT2D eigenvalue weighted by Gasteiger charge is 2.09. The van der Waals surface area contributed by atoms with Crippen molar-refractivity contribution in [2.24, 2.45) is 5.92 Å². The van der Waals surface area contributed by atoms with Gasteiger partial charge in [-0.3, -0.25) is 4.79 Å². The Hall–Kier alpha value is -0.570. The van der Waals surface area contributed by atoms with Crippen LogP contribution in [0.2, 0.25) is 0 Å². The summed E-state index contributed by atoms with van der Waals surface area (Å²) in [6.45, 7) is 9.66. The molecule has 0 heterocycles. The van der Waals surface area contributed by atoms with Gasteiger partial charge in [-0.05, 0) is 19.3 Å². The molecule has 0 radical (unpaired) electrons. The third-order valence-corrected chi connectivity index (χ3v) is 2.50. The molecule has 0 aliphatic carbocycles. The van der Waals surface area contributed by atoms with Crippen LogP contribution in [0.5, 0.6) is 0 Å². The number of nitrogens with one attached hydrogen (secondary N) is 1. The van der Waals surface area contributed by atoms with E-state index in [1.54, 1.807) is 0 Å². The fourth-order valence-electron chi connectivity index (χ4n) is 1.01. The van der Waals surface area contributed by atoms with Gasteiger partial charge < -0.3 is 10.1 Å². The van der Waals surface area contributed by atoms with Gasteiger partial charge in [0.25, 0.3) is 0 Å². The molecule has 3 heteroatoms. The molecule has 0 saturated carbocycles. The van der Waals surface area contributed by atoms with E-state index < -0.39 is 0 Å². The number of carbonyl (C=O) groups excluding carboxylic acids is 1. The fraction of sp³-hybridized carbons (Fsp3) is 0.917. The van der Waals surface area contributed by atoms with Crippen LogP contribution in [0.25, 0.3) is 0 Å². The Morgan fingerprint density at radius 3 is 2.47 bits per heavy atom. The standard InChI is InChI=1S/C12H25NO2/c1-5-6-8-15-9-7-12(14)13-11(4)10(2)3/h10-11H,5-9H2,1-4H3,(H,13,14). The van der Waals surface area contributed by atoms with Crippen molar-refractivity contribution in [2.45, 2.75) is 53.0 Å². The molecule has 0 aliphatic heterocycles. The average molecular weight is 215 g/mol. The minimum absolute atomic E-state index is 0.0905. The van der Waals surface area contributed by atoms with Crippen LogP contribution in [0.1, 0.15) is 47.0 Å². The zero-order chi connectivity index (χ0) is 11.7. The minimum atomic E-state index is 0.0905. The van der Waals surface area contributed by atoms with Crippen molar-refractivity contribution in [2.75, 3.05) is 13.2 Å². The van der Waals surface area contributed by atoms with Crippen LogP contribution in [0, 0.1) is 5.92 Å². The maximum Gasteiger partial charge on any atom is 0.222 e. The van der Waals surface area contributed by atoms with E-state index in [1.807, 2.05) is 6.92 Å². The highest BCUT2D eigenvalue weighted by Crippen LogP contribution is 2.00. The van der Waals surface area contributed by atoms with Crippen LogP contribution in [0.15, 0.2) is 0 Å². The van der Waals surface area contributed by atoms with Crippen LogP contribution in [-0.2, 0) is 9.53 Å². The fourth-order valence-corrected chi connectivity index (χ4v) is 1.01. The van der Waals surface area contributed by atoms with Gasteiger partial charge >= 0.3 is 0 Å². The van der Waals surface area contributed by atoms with Gasteiger partial charge in [-0.1, -0.05) is 27.2 Å². The second kappa shape index (κ2) is 8.72. The highest BCUT2D eigenvalue weighted by atomic mass is 16.5. The molecule has 0 saturated heterocycles. The number of hydrogen-bond donors (Lipinski definition) is 1. The Morgan fingerprint density at radius 1 is 1.27 bits per heavy atom. The van der Waals surface area contributed by atoms with Crippen molar-refractivity contribution in [3.63, 3.8) is 0 Å². The molecule has 3 nitrogen and oxygen atoms in total. The van der Waals surface area contributed by atoms with Gasteiger partial charge in [-0.2, -0.15) is 0 Å². The van der Waals surface area contributed by atoms with Crippen LogP contribution in [0.4, 0.5) is 0 Å². The summed E-state index contributed by atoms with van der Waals surface area (Å²) < 4.78 is 5.33. The molecule has 0 aromatic heterocycles. The summed E-state index contributed by atoms with van der Waals surface area (Å²) in [6.07, 6.45) is 2.68. The van der Waals surface area contributed by atoms with Crippen molar-refractivity contribution in [1.29, 1.82) is 0 Å². The highest BCUT2D eigenvalue weighted by molar-refractivity contribution is 5.76. The van der Waals surface area contributed by atoms with E-state index in [2.05, 4.69) is 26.1 Å². The Labute approximate surface area is 93.6 Å². The Bertz CT molecular complexity index is 169. The summed E-state index contributed by atoms with van der Waals surface area (Å²) in [5.41, 5.74) is 0. The summed E-state index contributed by atoms with van der Waals surface area (Å²) in [4.78, 5) is 11.4. The molecule has 0 aromatic carbocycles. The number of rotatable bonds is 8. The van der Waals surface area contributed by atoms with Gasteiger partial charge in [-0.25, -0.2) is 0 Å². The molecule has 0 fully saturated rings. The van der Waals surface area contributed by atoms with Gasteiger partial charge in [0.15, 0.2) is 0 Å². The van der Waals surface area contributed by atoms with Gasteiger partial charge in [0, 0.05) is 19.1 Å². The summed E-state index contributed by atoms with van der Waals surface area (Å²) in [7, 11) is 0. The third-order valence-electron chi connectivity index (χ3n) is 2.50. The van der Waals surface area contributed by atoms with Crippen molar-refractivity contribution in [1.82, 2.24) is 5.32 Å². The lowest BCUT2D eigenvalue weighted by Gasteiger charge is -2.17. The molecule has 15 heavy (non-hydrogen) atoms. The van der Waals surface area contributed by atoms with Gasteiger partial charge in [0.2, 0.25) is 5.91 Å². The number of carbonyl (C=O) groups is 1. The molecule has 1 atom stereocenters. The number of amides is 1. The molecule has 0 rings (SSSR count). The second-order valence-corrected chi connectivity index (χ2v) is 4.32. The first kappa shape index (κ1) is 14.4. The smallest absolute Gasteiger partial charge is 0.222 e. The average Bonchev–Trinajstić information content (AvgIpc) is 2.17. The van der Waals surface area contributed by atoms with Gasteiger partial charge in [0.05, 0.1) is 6.61 Å². The van der Waals surface area contributed by atoms with E-state index in [-0.39, 0.29) is 11.9 Å². The molecular formula is C12H25NO2. The minimum Gasteiger partial charge on any atom is -0.381 e. The monoisotopic (exact) mass is 215 g/mol. The molecule has 90 valence electrons. The van der Waals surface area contributed by atoms with E-state index in [9.17, 15) is 4.79 Å². The largest absolute Gasteiger partial charge is 0.381 e. The van der Waals surface area contributed by atoms with Crippen LogP contribution in [-0.4, -0.2) is 25.2 Å². The van der Waals surface area contributed by atoms with Crippen molar-refractivity contribution in [3.8, 4) is 0 Å². The van der Waals surface area contributed by atoms with Gasteiger partial charge in [-0.15, -0.1) is 0 Å². The van der Waals surface area contributed by atoms with E-state index in [4.69, 9.17) is 4.74 Å². The summed E-state index contributed by atoms with van der Waals surface area (Å²) >= 11 is 0. The predicted molar refractivity (Wildman–Crippen MR) is 62.8 cm³/mol. The Kier molecular flexibility index (Phi) is 8.38. The third kappa shape index (κ3) is 8.43. The zero-order valence-corrected chi connectivity index (χ0v) is 10.5. The van der Waals surface area contributed by atoms with E-state index in [0.29, 0.717) is 18.9 Å². The molecule has 1 N–H and O–H groups in total. The lowest BCUT2D eigenvalue weighted by Crippen LogP contribution is -2.36. The SMILES string of the molecule is CCCCOCCC(=O)NC(C)C(C)C. The maximum absolute atomic E-state index is 11.4. The summed E-state index contributed by atoms with van der Waals surface area (Å²) in [6, 6.07) is 0.244. The lowest BCUT2D eigenvalue weighted by atomic mass is 10.1. The predicted octanol–water partition coefficient (Wildman–Crippen LogP) is 2.35. The normalized spacial score (nSPS) is 12.9. The van der Waals surface area contributed by atoms with Gasteiger partial charge in [0.1, 0.15) is 0 Å². The van der Waals surface area contributed by atoms with Crippen molar-refractivity contribution < 1.29 is 9.53 Å². The molecular weight excluding hydrogens is 190 g/mol. The number of hydrogen-bond acceptors (Lipinski definition) is 2. The van der Waals surface area contributed by atoms with E-state index in [1.165, 1.54) is 0 Å². The quantitative estimate of drug-likeness (QED) is 0.631. The van der Waals surface area contributed by atoms with Crippen molar-refractivity contribution >= 4 is 5.91 Å². The Balaban J connectivity index is 3.41. The number of ether oxygens (including phenoxy) is 1. The summed E-state index contributed by atoms with van der Waals surface area (Å²) in [5.74, 6) is 0.572. The van der Waals surface area contributed by atoms with Crippen molar-refractivity contribution in [3.05, 3.63) is 0 Å². The van der Waals surface area contributed by atoms with Crippen LogP contribution < -0.4 is 5.32 Å². The topological polar surface area (TPSA) is 38.3 Å². The van der Waals surface area contributed by atoms with E-state index >= 15 is 0 Å². The zero-order valence-electron chi connectivity index (χ0n) is 10.5. The first-order valence-corrected chi connectivity index (χ1v) is 5.95. The first-order valence-electron chi connectivity index (χ1n) is 5.95. The lowest BCUT2D eigenvalue weighted by molar-refractivity contribution is -0.123. The van der Waals surface area contributed by atoms with Crippen LogP contribution >= 0.6 is 0 Å². The second-order valence-electron chi connectivity index (χ2n) is 4.32. The van der Waals surface area contributed by atoms with E-state index in [0.717, 1.165) is 19.4 Å². The number of unbranched alkanes of at least 4 members (excludes halogenated alkanes) is 1. The Morgan fingerprint density at radius 2 is 1.93 bits per heavy atom. The molecule has 1 amide bonds. The molecule has 0 spiro atoms. The molecule has 1 unspecified atom stereocenters. The first-order chi connectivity index (χ1) is 7.07. The summed E-state index contributed by atoms with van der Waals surface area (Å²) in [5, 5.41) is 2.95. The molecule has 0 bridgehead atoms. The maximum atomic E-state index is 11.4. The van der Waals surface area contributed by atoms with Crippen LogP contribution in [0.3, 0.4) is 0 Å². The molecule has 0 aliphatic rings.